The molecule has 3 aromatic carbocycles. The number of benzene rings is 3. The van der Waals surface area contributed by atoms with Gasteiger partial charge in [0.15, 0.2) is 0 Å². The van der Waals surface area contributed by atoms with Crippen LogP contribution in [0.3, 0.4) is 0 Å². The van der Waals surface area contributed by atoms with Gasteiger partial charge in [-0.3, -0.25) is 4.40 Å². The Hall–Kier alpha value is -3.39. The van der Waals surface area contributed by atoms with Gasteiger partial charge in [-0.25, -0.2) is 4.98 Å². The summed E-state index contributed by atoms with van der Waals surface area (Å²) in [6.07, 6.45) is 5.38. The molecule has 0 saturated heterocycles. The second-order valence-electron chi connectivity index (χ2n) is 11.0. The topological polar surface area (TPSA) is 17.3 Å². The van der Waals surface area contributed by atoms with Gasteiger partial charge in [0, 0.05) is 16.3 Å². The van der Waals surface area contributed by atoms with Crippen molar-refractivity contribution in [2.75, 3.05) is 0 Å². The summed E-state index contributed by atoms with van der Waals surface area (Å²) < 4.78 is 2.45. The van der Waals surface area contributed by atoms with Crippen LogP contribution in [0, 0.1) is 11.8 Å². The first-order chi connectivity index (χ1) is 19.9. The van der Waals surface area contributed by atoms with Gasteiger partial charge in [-0.2, -0.15) is 0 Å². The standard InChI is InChI=1S/C33H38N2.2C2H6.C2H4/c1-7-23(6)26-15-11-16-28-27-14-8-9-17-29(27)35-30(20-34-33(35)32(26)28)31-24(18-21(2)3)12-10-13-25(31)19-22(4)5;3*1-2/h8-17,20-23H,7,18-19H2,1-6H3;2*1-2H3;1-2H2. The third kappa shape index (κ3) is 7.10. The summed E-state index contributed by atoms with van der Waals surface area (Å²) in [5.41, 5.74) is 9.18. The molecule has 0 saturated carbocycles. The molecule has 41 heavy (non-hydrogen) atoms. The van der Waals surface area contributed by atoms with E-state index >= 15 is 0 Å². The SMILES string of the molecule is C=C.CC.CC.CCC(C)c1cccc2c3ccccc3n3c(-c4c(CC(C)C)cccc4CC(C)C)cnc3c12. The molecule has 220 valence electrons. The molecule has 0 N–H and O–H groups in total. The fourth-order valence-corrected chi connectivity index (χ4v) is 5.72. The molecule has 2 heteroatoms. The van der Waals surface area contributed by atoms with E-state index in [0.717, 1.165) is 24.9 Å². The summed E-state index contributed by atoms with van der Waals surface area (Å²) in [7, 11) is 0. The van der Waals surface area contributed by atoms with Gasteiger partial charge in [-0.15, -0.1) is 13.2 Å². The average molecular weight is 551 g/mol. The van der Waals surface area contributed by atoms with Crippen LogP contribution in [0.2, 0.25) is 0 Å². The molecule has 5 rings (SSSR count). The molecule has 2 nitrogen and oxygen atoms in total. The number of aromatic nitrogens is 2. The number of rotatable bonds is 7. The lowest BCUT2D eigenvalue weighted by Gasteiger charge is -2.20. The lowest BCUT2D eigenvalue weighted by atomic mass is 9.89. The van der Waals surface area contributed by atoms with Crippen molar-refractivity contribution in [2.45, 2.75) is 94.4 Å². The molecule has 1 unspecified atom stereocenters. The molecule has 0 amide bonds. The zero-order valence-electron chi connectivity index (χ0n) is 27.5. The van der Waals surface area contributed by atoms with Gasteiger partial charge in [0.25, 0.3) is 0 Å². The summed E-state index contributed by atoms with van der Waals surface area (Å²) in [5, 5.41) is 3.91. The maximum Gasteiger partial charge on any atom is 0.145 e. The summed E-state index contributed by atoms with van der Waals surface area (Å²) in [4.78, 5) is 5.15. The van der Waals surface area contributed by atoms with Gasteiger partial charge in [0.05, 0.1) is 17.4 Å². The number of para-hydroxylation sites is 1. The molecule has 1 atom stereocenters. The van der Waals surface area contributed by atoms with E-state index in [1.165, 1.54) is 49.6 Å². The van der Waals surface area contributed by atoms with Crippen molar-refractivity contribution in [3.8, 4) is 11.3 Å². The van der Waals surface area contributed by atoms with Gasteiger partial charge in [-0.1, -0.05) is 124 Å². The van der Waals surface area contributed by atoms with Crippen molar-refractivity contribution in [3.05, 3.63) is 96.7 Å². The Bertz CT molecular complexity index is 1490. The normalized spacial score (nSPS) is 11.5. The molecule has 0 radical (unpaired) electrons. The molecular formula is C39H54N2. The first-order valence-corrected chi connectivity index (χ1v) is 15.8. The Kier molecular flexibility index (Phi) is 13.3. The lowest BCUT2D eigenvalue weighted by Crippen LogP contribution is -2.05. The number of hydrogen-bond acceptors (Lipinski definition) is 1. The van der Waals surface area contributed by atoms with Crippen LogP contribution in [0.15, 0.2) is 80.0 Å². The monoisotopic (exact) mass is 550 g/mol. The average Bonchev–Trinajstić information content (AvgIpc) is 3.44. The Morgan fingerprint density at radius 3 is 1.80 bits per heavy atom. The van der Waals surface area contributed by atoms with Crippen molar-refractivity contribution < 1.29 is 0 Å². The quantitative estimate of drug-likeness (QED) is 0.145. The minimum Gasteiger partial charge on any atom is -0.292 e. The summed E-state index contributed by atoms with van der Waals surface area (Å²) >= 11 is 0. The highest BCUT2D eigenvalue weighted by molar-refractivity contribution is 6.13. The molecule has 0 fully saturated rings. The van der Waals surface area contributed by atoms with E-state index < -0.39 is 0 Å². The fourth-order valence-electron chi connectivity index (χ4n) is 5.72. The van der Waals surface area contributed by atoms with Crippen LogP contribution in [0.1, 0.15) is 98.3 Å². The molecular weight excluding hydrogens is 496 g/mol. The number of fused-ring (bicyclic) bond motifs is 6. The fraction of sp³-hybridized carbons (Fsp3) is 0.410. The van der Waals surface area contributed by atoms with Crippen LogP contribution in [-0.2, 0) is 12.8 Å². The zero-order chi connectivity index (χ0) is 30.7. The van der Waals surface area contributed by atoms with Gasteiger partial charge >= 0.3 is 0 Å². The number of pyridine rings is 1. The lowest BCUT2D eigenvalue weighted by molar-refractivity contribution is 0.637. The highest BCUT2D eigenvalue weighted by Gasteiger charge is 2.21. The molecule has 0 spiro atoms. The van der Waals surface area contributed by atoms with Crippen molar-refractivity contribution >= 4 is 27.3 Å². The highest BCUT2D eigenvalue weighted by Crippen LogP contribution is 2.39. The predicted molar refractivity (Wildman–Crippen MR) is 185 cm³/mol. The highest BCUT2D eigenvalue weighted by atomic mass is 15.0. The summed E-state index contributed by atoms with van der Waals surface area (Å²) in [5.74, 6) is 1.67. The maximum absolute atomic E-state index is 5.15. The van der Waals surface area contributed by atoms with Crippen LogP contribution in [-0.4, -0.2) is 9.38 Å². The third-order valence-corrected chi connectivity index (χ3v) is 7.41. The summed E-state index contributed by atoms with van der Waals surface area (Å²) in [6, 6.07) is 22.5. The second-order valence-corrected chi connectivity index (χ2v) is 11.0. The molecule has 2 aromatic heterocycles. The van der Waals surface area contributed by atoms with E-state index in [1.54, 1.807) is 0 Å². The molecule has 0 aliphatic heterocycles. The van der Waals surface area contributed by atoms with E-state index in [-0.39, 0.29) is 0 Å². The second kappa shape index (κ2) is 16.2. The van der Waals surface area contributed by atoms with Crippen LogP contribution in [0.25, 0.3) is 38.6 Å². The maximum atomic E-state index is 5.15. The van der Waals surface area contributed by atoms with Crippen LogP contribution >= 0.6 is 0 Å². The van der Waals surface area contributed by atoms with Gasteiger partial charge < -0.3 is 0 Å². The third-order valence-electron chi connectivity index (χ3n) is 7.41. The molecule has 0 aliphatic rings. The van der Waals surface area contributed by atoms with Crippen molar-refractivity contribution in [1.82, 2.24) is 9.38 Å². The Labute approximate surface area is 250 Å². The van der Waals surface area contributed by atoms with Crippen LogP contribution < -0.4 is 0 Å². The largest absolute Gasteiger partial charge is 0.292 e. The van der Waals surface area contributed by atoms with Crippen LogP contribution in [0.4, 0.5) is 0 Å². The van der Waals surface area contributed by atoms with E-state index in [9.17, 15) is 0 Å². The molecule has 2 heterocycles. The first-order valence-electron chi connectivity index (χ1n) is 15.8. The van der Waals surface area contributed by atoms with Crippen molar-refractivity contribution in [3.63, 3.8) is 0 Å². The Balaban J connectivity index is 0.000000921. The Morgan fingerprint density at radius 2 is 1.24 bits per heavy atom. The van der Waals surface area contributed by atoms with Crippen molar-refractivity contribution in [1.29, 1.82) is 0 Å². The van der Waals surface area contributed by atoms with E-state index in [4.69, 9.17) is 4.98 Å². The number of nitrogens with zero attached hydrogens (tertiary/aromatic N) is 2. The predicted octanol–water partition coefficient (Wildman–Crippen LogP) is 12.1. The van der Waals surface area contributed by atoms with Gasteiger partial charge in [0.2, 0.25) is 0 Å². The van der Waals surface area contributed by atoms with E-state index in [0.29, 0.717) is 17.8 Å². The van der Waals surface area contributed by atoms with Crippen molar-refractivity contribution in [2.24, 2.45) is 11.8 Å². The van der Waals surface area contributed by atoms with E-state index in [1.807, 2.05) is 27.7 Å². The molecule has 0 bridgehead atoms. The van der Waals surface area contributed by atoms with Gasteiger partial charge in [0.1, 0.15) is 5.65 Å². The van der Waals surface area contributed by atoms with Gasteiger partial charge in [-0.05, 0) is 65.2 Å². The van der Waals surface area contributed by atoms with Crippen LogP contribution in [0.5, 0.6) is 0 Å². The minimum atomic E-state index is 0.480. The van der Waals surface area contributed by atoms with E-state index in [2.05, 4.69) is 126 Å². The number of imidazole rings is 1. The minimum absolute atomic E-state index is 0.480. The Morgan fingerprint density at radius 1 is 0.707 bits per heavy atom. The summed E-state index contributed by atoms with van der Waals surface area (Å²) in [6.45, 7) is 27.9. The smallest absolute Gasteiger partial charge is 0.145 e. The first kappa shape index (κ1) is 33.8. The molecule has 5 aromatic rings. The molecule has 0 aliphatic carbocycles. The zero-order valence-corrected chi connectivity index (χ0v) is 27.5. The number of hydrogen-bond donors (Lipinski definition) is 0.